The first-order valence-corrected chi connectivity index (χ1v) is 10.9. The maximum absolute atomic E-state index is 3.55. The van der Waals surface area contributed by atoms with Gasteiger partial charge in [-0.05, 0) is 0 Å². The standard InChI is InChI=1S/C22H17BrSe/c23-19-13-11-16(12-14-19)20-15-24-22(18-9-5-2-6-10-18)21(20)17-7-3-1-4-8-17/h1-14,20H,15H2. The Morgan fingerprint density at radius 2 is 1.29 bits per heavy atom. The van der Waals surface area contributed by atoms with Gasteiger partial charge in [-0.1, -0.05) is 0 Å². The molecule has 0 fully saturated rings. The predicted molar refractivity (Wildman–Crippen MR) is 107 cm³/mol. The van der Waals surface area contributed by atoms with Crippen LogP contribution in [-0.2, 0) is 0 Å². The summed E-state index contributed by atoms with van der Waals surface area (Å²) in [6.07, 6.45) is 0. The van der Waals surface area contributed by atoms with Gasteiger partial charge in [0.1, 0.15) is 0 Å². The monoisotopic (exact) mass is 440 g/mol. The Labute approximate surface area is 157 Å². The van der Waals surface area contributed by atoms with E-state index in [1.165, 1.54) is 27.6 Å². The van der Waals surface area contributed by atoms with Crippen LogP contribution in [0.1, 0.15) is 22.6 Å². The Hall–Kier alpha value is -1.60. The molecular formula is C22H17BrSe. The summed E-state index contributed by atoms with van der Waals surface area (Å²) in [7, 11) is 0. The third-order valence-corrected chi connectivity index (χ3v) is 7.52. The molecule has 3 aromatic carbocycles. The summed E-state index contributed by atoms with van der Waals surface area (Å²) in [5, 5.41) is 1.24. The van der Waals surface area contributed by atoms with Crippen molar-refractivity contribution in [3.63, 3.8) is 0 Å². The molecule has 0 aromatic heterocycles. The molecule has 118 valence electrons. The summed E-state index contributed by atoms with van der Waals surface area (Å²) >= 11 is 4.06. The fourth-order valence-electron chi connectivity index (χ4n) is 3.22. The van der Waals surface area contributed by atoms with Crippen LogP contribution in [0.2, 0.25) is 5.32 Å². The predicted octanol–water partition coefficient (Wildman–Crippen LogP) is 6.24. The first-order chi connectivity index (χ1) is 11.8. The number of hydrogen-bond acceptors (Lipinski definition) is 0. The minimum atomic E-state index is 0.496. The molecule has 0 spiro atoms. The van der Waals surface area contributed by atoms with Gasteiger partial charge < -0.3 is 0 Å². The average molecular weight is 440 g/mol. The van der Waals surface area contributed by atoms with Crippen molar-refractivity contribution in [3.05, 3.63) is 106 Å². The van der Waals surface area contributed by atoms with Gasteiger partial charge in [0, 0.05) is 0 Å². The quantitative estimate of drug-likeness (QED) is 0.424. The van der Waals surface area contributed by atoms with Crippen molar-refractivity contribution >= 4 is 40.9 Å². The Kier molecular flexibility index (Phi) is 4.71. The molecule has 2 heteroatoms. The van der Waals surface area contributed by atoms with E-state index in [0.717, 1.165) is 4.47 Å². The van der Waals surface area contributed by atoms with Gasteiger partial charge in [-0.2, -0.15) is 0 Å². The van der Waals surface area contributed by atoms with E-state index in [1.54, 1.807) is 4.47 Å². The summed E-state index contributed by atoms with van der Waals surface area (Å²) in [5.41, 5.74) is 5.69. The topological polar surface area (TPSA) is 0 Å². The van der Waals surface area contributed by atoms with Crippen LogP contribution in [0.25, 0.3) is 10.0 Å². The van der Waals surface area contributed by atoms with Crippen LogP contribution in [0.15, 0.2) is 89.4 Å². The molecule has 4 rings (SSSR count). The molecule has 1 aliphatic heterocycles. The SMILES string of the molecule is Brc1ccc(C2C[Se]C(c3ccccc3)=C2c2ccccc2)cc1. The van der Waals surface area contributed by atoms with E-state index in [2.05, 4.69) is 101 Å². The van der Waals surface area contributed by atoms with Crippen molar-refractivity contribution in [2.45, 2.75) is 11.2 Å². The van der Waals surface area contributed by atoms with Crippen molar-refractivity contribution < 1.29 is 0 Å². The van der Waals surface area contributed by atoms with E-state index >= 15 is 0 Å². The molecule has 0 aliphatic carbocycles. The molecule has 24 heavy (non-hydrogen) atoms. The van der Waals surface area contributed by atoms with Crippen LogP contribution < -0.4 is 0 Å². The third-order valence-electron chi connectivity index (χ3n) is 4.38. The Morgan fingerprint density at radius 3 is 1.92 bits per heavy atom. The van der Waals surface area contributed by atoms with Gasteiger partial charge in [-0.15, -0.1) is 0 Å². The first-order valence-electron chi connectivity index (χ1n) is 8.06. The van der Waals surface area contributed by atoms with Crippen molar-refractivity contribution in [1.29, 1.82) is 0 Å². The minimum absolute atomic E-state index is 0.496. The van der Waals surface area contributed by atoms with Crippen molar-refractivity contribution in [2.75, 3.05) is 0 Å². The Balaban J connectivity index is 1.86. The number of halogens is 1. The summed E-state index contributed by atoms with van der Waals surface area (Å²) in [6.45, 7) is 0. The third kappa shape index (κ3) is 3.15. The van der Waals surface area contributed by atoms with E-state index in [4.69, 9.17) is 0 Å². The van der Waals surface area contributed by atoms with Crippen LogP contribution in [0.5, 0.6) is 0 Å². The van der Waals surface area contributed by atoms with Crippen LogP contribution in [0, 0.1) is 0 Å². The van der Waals surface area contributed by atoms with E-state index in [-0.39, 0.29) is 0 Å². The second-order valence-electron chi connectivity index (χ2n) is 5.89. The van der Waals surface area contributed by atoms with Gasteiger partial charge >= 0.3 is 158 Å². The summed E-state index contributed by atoms with van der Waals surface area (Å²) in [5.74, 6) is 0.496. The van der Waals surface area contributed by atoms with Gasteiger partial charge in [0.15, 0.2) is 0 Å². The zero-order valence-corrected chi connectivity index (χ0v) is 16.5. The molecule has 1 heterocycles. The molecule has 0 saturated heterocycles. The molecule has 0 bridgehead atoms. The van der Waals surface area contributed by atoms with Gasteiger partial charge in [-0.3, -0.25) is 0 Å². The van der Waals surface area contributed by atoms with Gasteiger partial charge in [0.25, 0.3) is 0 Å². The maximum atomic E-state index is 3.55. The van der Waals surface area contributed by atoms with Gasteiger partial charge in [-0.25, -0.2) is 0 Å². The average Bonchev–Trinajstić information content (AvgIpc) is 3.09. The number of rotatable bonds is 3. The van der Waals surface area contributed by atoms with Crippen LogP contribution in [0.3, 0.4) is 0 Å². The Bertz CT molecular complexity index is 851. The first kappa shape index (κ1) is 15.9. The van der Waals surface area contributed by atoms with E-state index < -0.39 is 0 Å². The molecule has 0 N–H and O–H groups in total. The molecule has 0 saturated carbocycles. The molecule has 1 unspecified atom stereocenters. The number of benzene rings is 3. The summed E-state index contributed by atoms with van der Waals surface area (Å²) in [6, 6.07) is 30.7. The fourth-order valence-corrected chi connectivity index (χ4v) is 6.45. The zero-order chi connectivity index (χ0) is 16.4. The molecule has 1 atom stereocenters. The molecule has 0 radical (unpaired) electrons. The van der Waals surface area contributed by atoms with Crippen LogP contribution in [0.4, 0.5) is 0 Å². The molecule has 1 aliphatic rings. The summed E-state index contributed by atoms with van der Waals surface area (Å²) in [4.78, 5) is 0. The normalized spacial score (nSPS) is 17.3. The van der Waals surface area contributed by atoms with Crippen LogP contribution >= 0.6 is 15.9 Å². The van der Waals surface area contributed by atoms with Crippen molar-refractivity contribution in [3.8, 4) is 0 Å². The van der Waals surface area contributed by atoms with Gasteiger partial charge in [0.05, 0.1) is 0 Å². The second kappa shape index (κ2) is 7.11. The number of hydrogen-bond donors (Lipinski definition) is 0. The molecule has 3 aromatic rings. The summed E-state index contributed by atoms with van der Waals surface area (Å²) < 4.78 is 2.70. The van der Waals surface area contributed by atoms with Gasteiger partial charge in [0.2, 0.25) is 0 Å². The van der Waals surface area contributed by atoms with Crippen molar-refractivity contribution in [1.82, 2.24) is 0 Å². The molecule has 0 nitrogen and oxygen atoms in total. The van der Waals surface area contributed by atoms with E-state index in [0.29, 0.717) is 20.9 Å². The fraction of sp³-hybridized carbons (Fsp3) is 0.0909. The van der Waals surface area contributed by atoms with E-state index in [9.17, 15) is 0 Å². The molecular weight excluding hydrogens is 423 g/mol. The Morgan fingerprint density at radius 1 is 0.708 bits per heavy atom. The second-order valence-corrected chi connectivity index (χ2v) is 8.97. The number of allylic oxidation sites excluding steroid dienone is 1. The van der Waals surface area contributed by atoms with Crippen molar-refractivity contribution in [2.24, 2.45) is 0 Å². The zero-order valence-electron chi connectivity index (χ0n) is 13.2. The van der Waals surface area contributed by atoms with Crippen LogP contribution in [-0.4, -0.2) is 15.0 Å². The van der Waals surface area contributed by atoms with E-state index in [1.807, 2.05) is 0 Å². The molecule has 0 amide bonds.